The number of hydrogen-bond donors (Lipinski definition) is 1. The number of ether oxygens (including phenoxy) is 1. The summed E-state index contributed by atoms with van der Waals surface area (Å²) in [6.07, 6.45) is 8.50. The van der Waals surface area contributed by atoms with Crippen molar-refractivity contribution < 1.29 is 4.74 Å². The fourth-order valence-corrected chi connectivity index (χ4v) is 3.99. The van der Waals surface area contributed by atoms with E-state index in [2.05, 4.69) is 36.0 Å². The van der Waals surface area contributed by atoms with Crippen molar-refractivity contribution in [3.63, 3.8) is 0 Å². The molecule has 0 spiro atoms. The van der Waals surface area contributed by atoms with Crippen LogP contribution in [0.4, 0.5) is 0 Å². The summed E-state index contributed by atoms with van der Waals surface area (Å²) in [6.45, 7) is 6.46. The second kappa shape index (κ2) is 7.83. The number of rotatable bonds is 7. The van der Waals surface area contributed by atoms with Crippen molar-refractivity contribution in [1.29, 1.82) is 0 Å². The molecule has 1 aliphatic carbocycles. The maximum Gasteiger partial charge on any atom is 0.160 e. The first kappa shape index (κ1) is 16.3. The Morgan fingerprint density at radius 2 is 2.19 bits per heavy atom. The molecule has 3 atom stereocenters. The molecule has 2 rings (SSSR count). The molecule has 0 radical (unpaired) electrons. The first-order valence-corrected chi connectivity index (χ1v) is 8.49. The Bertz CT molecular complexity index is 408. The minimum atomic E-state index is 0.570. The number of hydrogen-bond acceptors (Lipinski definition) is 3. The summed E-state index contributed by atoms with van der Waals surface area (Å²) in [6, 6.07) is 0. The van der Waals surface area contributed by atoms with Gasteiger partial charge in [-0.1, -0.05) is 26.2 Å². The Labute approximate surface area is 129 Å². The molecule has 1 fully saturated rings. The van der Waals surface area contributed by atoms with E-state index in [0.717, 1.165) is 24.8 Å². The molecule has 0 aromatic carbocycles. The predicted octanol–water partition coefficient (Wildman–Crippen LogP) is 3.43. The molecular weight excluding hydrogens is 262 g/mol. The zero-order chi connectivity index (χ0) is 15.2. The molecule has 21 heavy (non-hydrogen) atoms. The fourth-order valence-electron chi connectivity index (χ4n) is 3.99. The third-order valence-corrected chi connectivity index (χ3v) is 4.98. The molecule has 0 amide bonds. The lowest BCUT2D eigenvalue weighted by molar-refractivity contribution is 0.212. The van der Waals surface area contributed by atoms with Crippen molar-refractivity contribution in [2.75, 3.05) is 20.7 Å². The van der Waals surface area contributed by atoms with Gasteiger partial charge in [0.05, 0.1) is 19.0 Å². The van der Waals surface area contributed by atoms with Crippen LogP contribution in [0.1, 0.15) is 57.6 Å². The molecule has 1 heterocycles. The number of methoxy groups -OCH3 is 1. The lowest BCUT2D eigenvalue weighted by atomic mass is 9.71. The highest BCUT2D eigenvalue weighted by Crippen LogP contribution is 2.44. The van der Waals surface area contributed by atoms with Gasteiger partial charge in [-0.2, -0.15) is 5.10 Å². The van der Waals surface area contributed by atoms with Crippen molar-refractivity contribution in [2.45, 2.75) is 58.4 Å². The molecule has 3 unspecified atom stereocenters. The first-order chi connectivity index (χ1) is 10.2. The lowest BCUT2D eigenvalue weighted by Crippen LogP contribution is -2.32. The Kier molecular flexibility index (Phi) is 6.09. The summed E-state index contributed by atoms with van der Waals surface area (Å²) >= 11 is 0. The van der Waals surface area contributed by atoms with Gasteiger partial charge in [0.1, 0.15) is 0 Å². The summed E-state index contributed by atoms with van der Waals surface area (Å²) < 4.78 is 7.74. The smallest absolute Gasteiger partial charge is 0.160 e. The summed E-state index contributed by atoms with van der Waals surface area (Å²) in [5, 5.41) is 7.90. The SMILES string of the molecule is CCCC1CCC(CNC)C(c2c(OC)cnn2CC)C1. The van der Waals surface area contributed by atoms with Crippen LogP contribution in [0.5, 0.6) is 5.75 Å². The first-order valence-electron chi connectivity index (χ1n) is 8.49. The minimum absolute atomic E-state index is 0.570. The Morgan fingerprint density at radius 3 is 2.81 bits per heavy atom. The molecule has 0 aliphatic heterocycles. The van der Waals surface area contributed by atoms with Crippen LogP contribution in [-0.4, -0.2) is 30.5 Å². The van der Waals surface area contributed by atoms with E-state index in [4.69, 9.17) is 4.74 Å². The van der Waals surface area contributed by atoms with Crippen molar-refractivity contribution in [2.24, 2.45) is 11.8 Å². The zero-order valence-corrected chi connectivity index (χ0v) is 14.1. The van der Waals surface area contributed by atoms with E-state index in [-0.39, 0.29) is 0 Å². The second-order valence-electron chi connectivity index (χ2n) is 6.31. The van der Waals surface area contributed by atoms with Crippen LogP contribution in [0, 0.1) is 11.8 Å². The molecule has 0 saturated heterocycles. The zero-order valence-electron chi connectivity index (χ0n) is 14.1. The van der Waals surface area contributed by atoms with Gasteiger partial charge >= 0.3 is 0 Å². The van der Waals surface area contributed by atoms with Gasteiger partial charge in [0.15, 0.2) is 5.75 Å². The maximum atomic E-state index is 5.60. The van der Waals surface area contributed by atoms with Crippen molar-refractivity contribution in [1.82, 2.24) is 15.1 Å². The van der Waals surface area contributed by atoms with Crippen LogP contribution >= 0.6 is 0 Å². The van der Waals surface area contributed by atoms with Crippen molar-refractivity contribution in [3.05, 3.63) is 11.9 Å². The van der Waals surface area contributed by atoms with E-state index in [1.165, 1.54) is 37.8 Å². The van der Waals surface area contributed by atoms with Crippen LogP contribution in [0.25, 0.3) is 0 Å². The Balaban J connectivity index is 2.28. The van der Waals surface area contributed by atoms with Gasteiger partial charge in [0, 0.05) is 12.5 Å². The van der Waals surface area contributed by atoms with Gasteiger partial charge in [0.25, 0.3) is 0 Å². The summed E-state index contributed by atoms with van der Waals surface area (Å²) in [4.78, 5) is 0. The van der Waals surface area contributed by atoms with Crippen LogP contribution in [0.2, 0.25) is 0 Å². The number of nitrogens with one attached hydrogen (secondary N) is 1. The van der Waals surface area contributed by atoms with E-state index in [9.17, 15) is 0 Å². The van der Waals surface area contributed by atoms with Gasteiger partial charge in [0.2, 0.25) is 0 Å². The van der Waals surface area contributed by atoms with E-state index >= 15 is 0 Å². The molecule has 0 bridgehead atoms. The van der Waals surface area contributed by atoms with Crippen molar-refractivity contribution in [3.8, 4) is 5.75 Å². The summed E-state index contributed by atoms with van der Waals surface area (Å²) in [5.74, 6) is 3.09. The van der Waals surface area contributed by atoms with E-state index < -0.39 is 0 Å². The topological polar surface area (TPSA) is 39.1 Å². The standard InChI is InChI=1S/C17H31N3O/c1-5-7-13-8-9-14(11-18-3)15(10-13)17-16(21-4)12-19-20(17)6-2/h12-15,18H,5-11H2,1-4H3. The molecule has 1 aromatic rings. The quantitative estimate of drug-likeness (QED) is 0.837. The average molecular weight is 293 g/mol. The van der Waals surface area contributed by atoms with Crippen molar-refractivity contribution >= 4 is 0 Å². The average Bonchev–Trinajstić information content (AvgIpc) is 2.92. The fraction of sp³-hybridized carbons (Fsp3) is 0.824. The monoisotopic (exact) mass is 293 g/mol. The van der Waals surface area contributed by atoms with Gasteiger partial charge in [-0.3, -0.25) is 4.68 Å². The third kappa shape index (κ3) is 3.60. The van der Waals surface area contributed by atoms with E-state index in [1.54, 1.807) is 7.11 Å². The number of aryl methyl sites for hydroxylation is 1. The summed E-state index contributed by atoms with van der Waals surface area (Å²) in [5.41, 5.74) is 1.32. The number of aromatic nitrogens is 2. The number of nitrogens with zero attached hydrogens (tertiary/aromatic N) is 2. The molecule has 120 valence electrons. The van der Waals surface area contributed by atoms with Crippen LogP contribution in [-0.2, 0) is 6.54 Å². The Morgan fingerprint density at radius 1 is 1.38 bits per heavy atom. The predicted molar refractivity (Wildman–Crippen MR) is 86.9 cm³/mol. The maximum absolute atomic E-state index is 5.60. The highest BCUT2D eigenvalue weighted by atomic mass is 16.5. The molecular formula is C17H31N3O. The van der Waals surface area contributed by atoms with E-state index in [0.29, 0.717) is 11.8 Å². The molecule has 4 nitrogen and oxygen atoms in total. The van der Waals surface area contributed by atoms with Gasteiger partial charge < -0.3 is 10.1 Å². The van der Waals surface area contributed by atoms with Gasteiger partial charge in [-0.05, 0) is 45.2 Å². The van der Waals surface area contributed by atoms with Crippen LogP contribution < -0.4 is 10.1 Å². The molecule has 1 saturated carbocycles. The highest BCUT2D eigenvalue weighted by molar-refractivity contribution is 5.30. The molecule has 1 aromatic heterocycles. The van der Waals surface area contributed by atoms with Crippen LogP contribution in [0.3, 0.4) is 0 Å². The van der Waals surface area contributed by atoms with Gasteiger partial charge in [-0.15, -0.1) is 0 Å². The van der Waals surface area contributed by atoms with E-state index in [1.807, 2.05) is 6.20 Å². The Hall–Kier alpha value is -1.03. The molecule has 1 aliphatic rings. The van der Waals surface area contributed by atoms with Gasteiger partial charge in [-0.25, -0.2) is 0 Å². The molecule has 1 N–H and O–H groups in total. The second-order valence-corrected chi connectivity index (χ2v) is 6.31. The van der Waals surface area contributed by atoms with Crippen LogP contribution in [0.15, 0.2) is 6.20 Å². The normalized spacial score (nSPS) is 26.0. The highest BCUT2D eigenvalue weighted by Gasteiger charge is 2.34. The largest absolute Gasteiger partial charge is 0.493 e. The lowest BCUT2D eigenvalue weighted by Gasteiger charge is -2.36. The summed E-state index contributed by atoms with van der Waals surface area (Å²) in [7, 11) is 3.82. The third-order valence-electron chi connectivity index (χ3n) is 4.98. The minimum Gasteiger partial charge on any atom is -0.493 e. The molecule has 4 heteroatoms.